The summed E-state index contributed by atoms with van der Waals surface area (Å²) in [4.78, 5) is 2.30. The second-order valence-electron chi connectivity index (χ2n) is 8.86. The highest BCUT2D eigenvalue weighted by molar-refractivity contribution is 5.41. The van der Waals surface area contributed by atoms with E-state index in [1.54, 1.807) is 0 Å². The molecule has 2 aromatic rings. The Morgan fingerprint density at radius 3 is 2.76 bits per heavy atom. The Labute approximate surface area is 171 Å². The first-order valence-electron chi connectivity index (χ1n) is 10.7. The van der Waals surface area contributed by atoms with Crippen LogP contribution < -0.4 is 9.47 Å². The summed E-state index contributed by atoms with van der Waals surface area (Å²) in [6, 6.07) is 13.8. The molecule has 0 saturated carbocycles. The minimum Gasteiger partial charge on any atom is -0.490 e. The van der Waals surface area contributed by atoms with Crippen molar-refractivity contribution in [3.8, 4) is 11.5 Å². The van der Waals surface area contributed by atoms with Gasteiger partial charge in [0.2, 0.25) is 0 Å². The van der Waals surface area contributed by atoms with Gasteiger partial charge in [0.05, 0.1) is 12.2 Å². The van der Waals surface area contributed by atoms with E-state index in [-0.39, 0.29) is 11.7 Å². The maximum atomic E-state index is 10.8. The predicted molar refractivity (Wildman–Crippen MR) is 110 cm³/mol. The summed E-state index contributed by atoms with van der Waals surface area (Å²) < 4.78 is 12.1. The molecular formula is C24H29NO4. The number of β-amino-alcohol motifs (C(OH)–C–C–N with tert-alkyl or cyclic N) is 1. The molecule has 1 spiro atoms. The number of hydrogen-bond donors (Lipinski definition) is 2. The van der Waals surface area contributed by atoms with Crippen molar-refractivity contribution < 1.29 is 19.7 Å². The first-order chi connectivity index (χ1) is 14.0. The Hall–Kier alpha value is -2.08. The van der Waals surface area contributed by atoms with E-state index in [9.17, 15) is 10.2 Å². The van der Waals surface area contributed by atoms with Crippen LogP contribution in [0.3, 0.4) is 0 Å². The quantitative estimate of drug-likeness (QED) is 0.834. The lowest BCUT2D eigenvalue weighted by atomic mass is 9.81. The van der Waals surface area contributed by atoms with Crippen molar-refractivity contribution in [2.45, 2.75) is 56.5 Å². The molecule has 3 heterocycles. The van der Waals surface area contributed by atoms with Crippen LogP contribution in [0, 0.1) is 0 Å². The van der Waals surface area contributed by atoms with Gasteiger partial charge in [0.15, 0.2) is 0 Å². The number of piperidine rings is 1. The van der Waals surface area contributed by atoms with Gasteiger partial charge in [0.25, 0.3) is 0 Å². The molecule has 1 saturated heterocycles. The molecule has 3 aliphatic rings. The standard InChI is InChI=1S/C24H29NO4/c1-16-12-18-13-17(6-7-22(18)28-16)21(27)15-25-10-8-24(9-11-25)14-20(26)19-4-2-3-5-23(19)29-24/h2-7,13,16,20-21,26-27H,8-12,14-15H2,1H3/t16-,20-,21+/m1/s1. The molecule has 0 aliphatic carbocycles. The number of ether oxygens (including phenoxy) is 2. The number of nitrogens with zero attached hydrogens (tertiary/aromatic N) is 1. The number of likely N-dealkylation sites (tertiary alicyclic amines) is 1. The van der Waals surface area contributed by atoms with Crippen molar-refractivity contribution in [3.05, 3.63) is 59.2 Å². The van der Waals surface area contributed by atoms with Gasteiger partial charge >= 0.3 is 0 Å². The summed E-state index contributed by atoms with van der Waals surface area (Å²) in [6.45, 7) is 4.40. The van der Waals surface area contributed by atoms with Gasteiger partial charge in [-0.3, -0.25) is 0 Å². The van der Waals surface area contributed by atoms with E-state index in [1.165, 1.54) is 5.56 Å². The van der Waals surface area contributed by atoms with Gasteiger partial charge in [0, 0.05) is 38.0 Å². The molecular weight excluding hydrogens is 366 g/mol. The van der Waals surface area contributed by atoms with Crippen molar-refractivity contribution in [1.82, 2.24) is 4.90 Å². The van der Waals surface area contributed by atoms with Crippen molar-refractivity contribution >= 4 is 0 Å². The summed E-state index contributed by atoms with van der Waals surface area (Å²) >= 11 is 0. The molecule has 29 heavy (non-hydrogen) atoms. The fourth-order valence-corrected chi connectivity index (χ4v) is 5.03. The molecule has 2 aromatic carbocycles. The lowest BCUT2D eigenvalue weighted by Gasteiger charge is -2.46. The van der Waals surface area contributed by atoms with E-state index in [4.69, 9.17) is 9.47 Å². The summed E-state index contributed by atoms with van der Waals surface area (Å²) in [5.41, 5.74) is 2.75. The second kappa shape index (κ2) is 7.31. The van der Waals surface area contributed by atoms with Gasteiger partial charge in [0.1, 0.15) is 23.2 Å². The van der Waals surface area contributed by atoms with Crippen LogP contribution in [0.1, 0.15) is 55.1 Å². The Morgan fingerprint density at radius 1 is 1.14 bits per heavy atom. The molecule has 154 valence electrons. The van der Waals surface area contributed by atoms with Gasteiger partial charge in [-0.15, -0.1) is 0 Å². The van der Waals surface area contributed by atoms with Crippen molar-refractivity contribution in [2.24, 2.45) is 0 Å². The second-order valence-corrected chi connectivity index (χ2v) is 8.86. The van der Waals surface area contributed by atoms with Gasteiger partial charge in [-0.25, -0.2) is 0 Å². The highest BCUT2D eigenvalue weighted by atomic mass is 16.5. The number of benzene rings is 2. The number of aliphatic hydroxyl groups is 2. The topological polar surface area (TPSA) is 62.2 Å². The van der Waals surface area contributed by atoms with Crippen LogP contribution >= 0.6 is 0 Å². The predicted octanol–water partition coefficient (Wildman–Crippen LogP) is 3.39. The molecule has 3 atom stereocenters. The lowest BCUT2D eigenvalue weighted by molar-refractivity contribution is -0.0587. The zero-order chi connectivity index (χ0) is 20.0. The molecule has 0 unspecified atom stereocenters. The SMILES string of the molecule is C[C@@H]1Cc2cc([C@@H](O)CN3CCC4(CC3)C[C@@H](O)c3ccccc3O4)ccc2O1. The minimum atomic E-state index is -0.510. The van der Waals surface area contributed by atoms with Gasteiger partial charge in [-0.1, -0.05) is 24.3 Å². The van der Waals surface area contributed by atoms with Crippen molar-refractivity contribution in [3.63, 3.8) is 0 Å². The van der Waals surface area contributed by atoms with E-state index in [0.29, 0.717) is 13.0 Å². The summed E-state index contributed by atoms with van der Waals surface area (Å²) in [5.74, 6) is 1.76. The zero-order valence-corrected chi connectivity index (χ0v) is 16.9. The van der Waals surface area contributed by atoms with Crippen molar-refractivity contribution in [1.29, 1.82) is 0 Å². The summed E-state index contributed by atoms with van der Waals surface area (Å²) in [6.07, 6.45) is 2.51. The first kappa shape index (κ1) is 18.9. The number of rotatable bonds is 3. The number of para-hydroxylation sites is 1. The third kappa shape index (κ3) is 3.63. The van der Waals surface area contributed by atoms with E-state index in [0.717, 1.165) is 55.0 Å². The lowest BCUT2D eigenvalue weighted by Crippen LogP contribution is -2.51. The fraction of sp³-hybridized carbons (Fsp3) is 0.500. The Kier molecular flexibility index (Phi) is 4.77. The van der Waals surface area contributed by atoms with Gasteiger partial charge < -0.3 is 24.6 Å². The van der Waals surface area contributed by atoms with E-state index in [2.05, 4.69) is 17.9 Å². The normalized spacial score (nSPS) is 26.3. The smallest absolute Gasteiger partial charge is 0.125 e. The monoisotopic (exact) mass is 395 g/mol. The molecule has 1 fully saturated rings. The molecule has 3 aliphatic heterocycles. The van der Waals surface area contributed by atoms with Crippen LogP contribution in [0.2, 0.25) is 0 Å². The molecule has 2 N–H and O–H groups in total. The molecule has 5 nitrogen and oxygen atoms in total. The fourth-order valence-electron chi connectivity index (χ4n) is 5.03. The number of aliphatic hydroxyl groups excluding tert-OH is 2. The van der Waals surface area contributed by atoms with E-state index in [1.807, 2.05) is 36.4 Å². The Balaban J connectivity index is 1.21. The highest BCUT2D eigenvalue weighted by Gasteiger charge is 2.43. The highest BCUT2D eigenvalue weighted by Crippen LogP contribution is 2.44. The van der Waals surface area contributed by atoms with Gasteiger partial charge in [-0.2, -0.15) is 0 Å². The van der Waals surface area contributed by atoms with Crippen LogP contribution in [-0.2, 0) is 6.42 Å². The average molecular weight is 395 g/mol. The Morgan fingerprint density at radius 2 is 1.93 bits per heavy atom. The largest absolute Gasteiger partial charge is 0.490 e. The maximum Gasteiger partial charge on any atom is 0.125 e. The third-order valence-electron chi connectivity index (χ3n) is 6.67. The third-order valence-corrected chi connectivity index (χ3v) is 6.67. The molecule has 5 heteroatoms. The van der Waals surface area contributed by atoms with Crippen LogP contribution in [0.15, 0.2) is 42.5 Å². The maximum absolute atomic E-state index is 10.8. The molecule has 0 radical (unpaired) electrons. The molecule has 0 amide bonds. The van der Waals surface area contributed by atoms with E-state index < -0.39 is 12.2 Å². The average Bonchev–Trinajstić information content (AvgIpc) is 3.09. The number of fused-ring (bicyclic) bond motifs is 2. The van der Waals surface area contributed by atoms with Crippen molar-refractivity contribution in [2.75, 3.05) is 19.6 Å². The van der Waals surface area contributed by atoms with E-state index >= 15 is 0 Å². The van der Waals surface area contributed by atoms with Crippen LogP contribution in [0.4, 0.5) is 0 Å². The first-order valence-corrected chi connectivity index (χ1v) is 10.7. The molecule has 0 aromatic heterocycles. The molecule has 0 bridgehead atoms. The van der Waals surface area contributed by atoms with Crippen LogP contribution in [0.25, 0.3) is 0 Å². The zero-order valence-electron chi connectivity index (χ0n) is 16.9. The Bertz CT molecular complexity index is 890. The number of hydrogen-bond acceptors (Lipinski definition) is 5. The summed E-state index contributed by atoms with van der Waals surface area (Å²) in [5, 5.41) is 21.4. The molecule has 5 rings (SSSR count). The van der Waals surface area contributed by atoms with Gasteiger partial charge in [-0.05, 0) is 49.1 Å². The van der Waals surface area contributed by atoms with Crippen LogP contribution in [0.5, 0.6) is 11.5 Å². The minimum absolute atomic E-state index is 0.214. The summed E-state index contributed by atoms with van der Waals surface area (Å²) in [7, 11) is 0. The van der Waals surface area contributed by atoms with Crippen LogP contribution in [-0.4, -0.2) is 46.5 Å².